The Bertz CT molecular complexity index is 756. The number of alkyl halides is 3. The molecule has 0 amide bonds. The van der Waals surface area contributed by atoms with Crippen LogP contribution in [0.25, 0.3) is 0 Å². The van der Waals surface area contributed by atoms with E-state index in [-0.39, 0.29) is 23.8 Å². The van der Waals surface area contributed by atoms with Crippen molar-refractivity contribution >= 4 is 23.2 Å². The van der Waals surface area contributed by atoms with E-state index in [1.807, 2.05) is 0 Å². The van der Waals surface area contributed by atoms with Gasteiger partial charge >= 0.3 is 6.18 Å². The molecule has 1 saturated heterocycles. The Morgan fingerprint density at radius 3 is 2.75 bits per heavy atom. The molecule has 0 aliphatic carbocycles. The Balaban J connectivity index is 2.01. The second-order valence-electron chi connectivity index (χ2n) is 5.58. The summed E-state index contributed by atoms with van der Waals surface area (Å²) in [5, 5.41) is 10.1. The van der Waals surface area contributed by atoms with Crippen molar-refractivity contribution in [1.29, 1.82) is 0 Å². The first kappa shape index (κ1) is 16.8. The number of benzene rings is 1. The molecule has 2 aromatic rings. The molecule has 0 unspecified atom stereocenters. The molecule has 2 atom stereocenters. The van der Waals surface area contributed by atoms with Gasteiger partial charge in [-0.1, -0.05) is 23.7 Å². The minimum Gasteiger partial charge on any atom is -0.391 e. The number of nitrogens with two attached hydrogens (primary N) is 1. The van der Waals surface area contributed by atoms with Crippen LogP contribution in [0.1, 0.15) is 23.6 Å². The van der Waals surface area contributed by atoms with E-state index in [4.69, 9.17) is 17.3 Å². The van der Waals surface area contributed by atoms with E-state index in [9.17, 15) is 18.3 Å². The largest absolute Gasteiger partial charge is 0.416 e. The summed E-state index contributed by atoms with van der Waals surface area (Å²) in [4.78, 5) is 9.50. The summed E-state index contributed by atoms with van der Waals surface area (Å²) in [6.45, 7) is 0.192. The van der Waals surface area contributed by atoms with Crippen molar-refractivity contribution in [2.24, 2.45) is 0 Å². The van der Waals surface area contributed by atoms with Crippen LogP contribution >= 0.6 is 11.6 Å². The van der Waals surface area contributed by atoms with Gasteiger partial charge < -0.3 is 15.7 Å². The predicted molar refractivity (Wildman–Crippen MR) is 83.6 cm³/mol. The van der Waals surface area contributed by atoms with Gasteiger partial charge in [0.15, 0.2) is 5.82 Å². The molecule has 9 heteroatoms. The number of aliphatic hydroxyl groups is 1. The molecule has 0 bridgehead atoms. The molecule has 2 heterocycles. The first-order chi connectivity index (χ1) is 11.3. The Labute approximate surface area is 140 Å². The fourth-order valence-electron chi connectivity index (χ4n) is 2.86. The van der Waals surface area contributed by atoms with Gasteiger partial charge in [0.1, 0.15) is 17.2 Å². The van der Waals surface area contributed by atoms with E-state index >= 15 is 0 Å². The second-order valence-corrected chi connectivity index (χ2v) is 5.96. The van der Waals surface area contributed by atoms with Crippen LogP contribution in [0.4, 0.5) is 24.8 Å². The summed E-state index contributed by atoms with van der Waals surface area (Å²) in [6.07, 6.45) is -3.65. The smallest absolute Gasteiger partial charge is 0.391 e. The van der Waals surface area contributed by atoms with Crippen LogP contribution in [0, 0.1) is 0 Å². The van der Waals surface area contributed by atoms with Gasteiger partial charge in [0.05, 0.1) is 17.7 Å². The maximum atomic E-state index is 12.9. The molecule has 0 radical (unpaired) electrons. The molecule has 0 saturated carbocycles. The molecule has 0 spiro atoms. The third-order valence-corrected chi connectivity index (χ3v) is 4.31. The van der Waals surface area contributed by atoms with Crippen LogP contribution in [-0.2, 0) is 6.18 Å². The van der Waals surface area contributed by atoms with E-state index in [2.05, 4.69) is 9.97 Å². The van der Waals surface area contributed by atoms with Crippen LogP contribution in [-0.4, -0.2) is 27.7 Å². The molecule has 1 aromatic carbocycles. The SMILES string of the molecule is Nc1ncnc(N2C[C@@H](O)C[C@@H]2c2cccc(C(F)(F)F)c2)c1Cl. The van der Waals surface area contributed by atoms with E-state index < -0.39 is 23.9 Å². The highest BCUT2D eigenvalue weighted by atomic mass is 35.5. The zero-order valence-corrected chi connectivity index (χ0v) is 13.1. The maximum absolute atomic E-state index is 12.9. The van der Waals surface area contributed by atoms with Crippen molar-refractivity contribution in [3.63, 3.8) is 0 Å². The monoisotopic (exact) mass is 358 g/mol. The lowest BCUT2D eigenvalue weighted by atomic mass is 10.0. The number of β-amino-alcohol motifs (C(OH)–C–C–N with tert-alkyl or cyclic N) is 1. The average Bonchev–Trinajstić information content (AvgIpc) is 2.91. The van der Waals surface area contributed by atoms with Crippen molar-refractivity contribution in [1.82, 2.24) is 9.97 Å². The van der Waals surface area contributed by atoms with Gasteiger partial charge in [0.25, 0.3) is 0 Å². The number of hydrogen-bond acceptors (Lipinski definition) is 5. The number of halogens is 4. The lowest BCUT2D eigenvalue weighted by molar-refractivity contribution is -0.137. The highest BCUT2D eigenvalue weighted by molar-refractivity contribution is 6.35. The lowest BCUT2D eigenvalue weighted by Crippen LogP contribution is -2.26. The van der Waals surface area contributed by atoms with Gasteiger partial charge in [0, 0.05) is 6.54 Å². The van der Waals surface area contributed by atoms with E-state index in [1.54, 1.807) is 11.0 Å². The summed E-state index contributed by atoms with van der Waals surface area (Å²) in [5.74, 6) is 0.369. The molecule has 3 rings (SSSR count). The maximum Gasteiger partial charge on any atom is 0.416 e. The standard InChI is InChI=1S/C15H14ClF3N4O/c16-12-13(20)21-7-22-14(12)23-6-10(24)5-11(23)8-2-1-3-9(4-8)15(17,18)19/h1-4,7,10-11,24H,5-6H2,(H2,20,21,22)/t10-,11+/m0/s1. The van der Waals surface area contributed by atoms with Gasteiger partial charge in [0.2, 0.25) is 0 Å². The van der Waals surface area contributed by atoms with Crippen LogP contribution in [0.3, 0.4) is 0 Å². The van der Waals surface area contributed by atoms with Crippen LogP contribution < -0.4 is 10.6 Å². The summed E-state index contributed by atoms with van der Waals surface area (Å²) in [5.41, 5.74) is 5.35. The average molecular weight is 359 g/mol. The third kappa shape index (κ3) is 3.11. The Morgan fingerprint density at radius 2 is 2.04 bits per heavy atom. The van der Waals surface area contributed by atoms with Crippen molar-refractivity contribution < 1.29 is 18.3 Å². The minimum absolute atomic E-state index is 0.0749. The van der Waals surface area contributed by atoms with Gasteiger partial charge in [-0.05, 0) is 24.1 Å². The number of aliphatic hydroxyl groups excluding tert-OH is 1. The number of anilines is 2. The molecule has 5 nitrogen and oxygen atoms in total. The molecule has 24 heavy (non-hydrogen) atoms. The first-order valence-electron chi connectivity index (χ1n) is 7.15. The van der Waals surface area contributed by atoms with E-state index in [0.717, 1.165) is 12.1 Å². The van der Waals surface area contributed by atoms with Gasteiger partial charge in [-0.25, -0.2) is 9.97 Å². The third-order valence-electron chi connectivity index (χ3n) is 3.95. The number of nitrogens with zero attached hydrogens (tertiary/aromatic N) is 3. The molecule has 1 aliphatic rings. The van der Waals surface area contributed by atoms with Crippen LogP contribution in [0.15, 0.2) is 30.6 Å². The Morgan fingerprint density at radius 1 is 1.29 bits per heavy atom. The van der Waals surface area contributed by atoms with Crippen molar-refractivity contribution in [3.8, 4) is 0 Å². The molecule has 1 fully saturated rings. The summed E-state index contributed by atoms with van der Waals surface area (Å²) in [7, 11) is 0. The van der Waals surface area contributed by atoms with E-state index in [0.29, 0.717) is 11.4 Å². The topological polar surface area (TPSA) is 75.3 Å². The summed E-state index contributed by atoms with van der Waals surface area (Å²) >= 11 is 6.12. The van der Waals surface area contributed by atoms with Crippen molar-refractivity contribution in [2.75, 3.05) is 17.2 Å². The molecular formula is C15H14ClF3N4O. The highest BCUT2D eigenvalue weighted by Crippen LogP contribution is 2.40. The number of hydrogen-bond donors (Lipinski definition) is 2. The Kier molecular flexibility index (Phi) is 4.27. The fourth-order valence-corrected chi connectivity index (χ4v) is 3.07. The molecule has 1 aliphatic heterocycles. The normalized spacial score (nSPS) is 21.3. The van der Waals surface area contributed by atoms with Crippen molar-refractivity contribution in [2.45, 2.75) is 24.7 Å². The van der Waals surface area contributed by atoms with Gasteiger partial charge in [-0.3, -0.25) is 0 Å². The number of nitrogen functional groups attached to an aromatic ring is 1. The van der Waals surface area contributed by atoms with Crippen LogP contribution in [0.2, 0.25) is 5.02 Å². The minimum atomic E-state index is -4.44. The molecule has 128 valence electrons. The number of aromatic nitrogens is 2. The first-order valence-corrected chi connectivity index (χ1v) is 7.53. The van der Waals surface area contributed by atoms with Gasteiger partial charge in [-0.2, -0.15) is 13.2 Å². The predicted octanol–water partition coefficient (Wildman–Crippen LogP) is 3.04. The summed E-state index contributed by atoms with van der Waals surface area (Å²) in [6, 6.07) is 4.53. The second kappa shape index (κ2) is 6.10. The lowest BCUT2D eigenvalue weighted by Gasteiger charge is -2.27. The highest BCUT2D eigenvalue weighted by Gasteiger charge is 2.36. The Hall–Kier alpha value is -2.06. The molecular weight excluding hydrogens is 345 g/mol. The van der Waals surface area contributed by atoms with Crippen molar-refractivity contribution in [3.05, 3.63) is 46.7 Å². The number of rotatable bonds is 2. The van der Waals surface area contributed by atoms with Crippen LogP contribution in [0.5, 0.6) is 0 Å². The van der Waals surface area contributed by atoms with Gasteiger partial charge in [-0.15, -0.1) is 0 Å². The summed E-state index contributed by atoms with van der Waals surface area (Å²) < 4.78 is 38.8. The van der Waals surface area contributed by atoms with E-state index in [1.165, 1.54) is 12.4 Å². The zero-order chi connectivity index (χ0) is 17.5. The molecule has 3 N–H and O–H groups in total. The molecule has 1 aromatic heterocycles. The quantitative estimate of drug-likeness (QED) is 0.863. The fraction of sp³-hybridized carbons (Fsp3) is 0.333. The zero-order valence-electron chi connectivity index (χ0n) is 12.3.